The van der Waals surface area contributed by atoms with E-state index in [4.69, 9.17) is 0 Å². The van der Waals surface area contributed by atoms with Crippen molar-refractivity contribution in [3.8, 4) is 22.5 Å². The molecule has 0 aliphatic carbocycles. The Morgan fingerprint density at radius 3 is 2.08 bits per heavy atom. The van der Waals surface area contributed by atoms with Crippen LogP contribution < -0.4 is 4.57 Å². The molecule has 0 radical (unpaired) electrons. The van der Waals surface area contributed by atoms with Crippen molar-refractivity contribution in [1.29, 1.82) is 0 Å². The summed E-state index contributed by atoms with van der Waals surface area (Å²) in [6, 6.07) is 20.8. The number of benzene rings is 2. The summed E-state index contributed by atoms with van der Waals surface area (Å²) in [6.45, 7) is 1.63. The monoisotopic (exact) mass is 337 g/mol. The lowest BCUT2D eigenvalue weighted by Crippen LogP contribution is -2.32. The van der Waals surface area contributed by atoms with Gasteiger partial charge in [-0.2, -0.15) is 0 Å². The third-order valence-electron chi connectivity index (χ3n) is 3.97. The molecular formula is C20H21N2OS+. The van der Waals surface area contributed by atoms with E-state index in [-0.39, 0.29) is 5.78 Å². The lowest BCUT2D eigenvalue weighted by molar-refractivity contribution is -0.698. The Kier molecular flexibility index (Phi) is 4.86. The second kappa shape index (κ2) is 7.05. The molecule has 0 amide bonds. The van der Waals surface area contributed by atoms with E-state index >= 15 is 0 Å². The third-order valence-corrected chi connectivity index (χ3v) is 5.32. The molecule has 0 saturated carbocycles. The number of Topliss-reactive ketones (excluding diaryl/α,β-unsaturated/α-hetero) is 1. The van der Waals surface area contributed by atoms with Gasteiger partial charge in [0.05, 0.1) is 19.8 Å². The smallest absolute Gasteiger partial charge is 0.299 e. The first-order chi connectivity index (χ1) is 11.6. The molecule has 3 rings (SSSR count). The summed E-state index contributed by atoms with van der Waals surface area (Å²) in [4.78, 5) is 11.4. The lowest BCUT2D eigenvalue weighted by atomic mass is 10.0. The van der Waals surface area contributed by atoms with E-state index in [1.54, 1.807) is 18.7 Å². The van der Waals surface area contributed by atoms with E-state index in [1.807, 2.05) is 12.1 Å². The molecule has 0 spiro atoms. The van der Waals surface area contributed by atoms with Gasteiger partial charge < -0.3 is 0 Å². The standard InChI is InChI=1S/C20H21N2OS/c1-15(23)14-24-20-21(2)18(16-10-6-4-7-11-16)19(22(20)3)17-12-8-5-9-13-17/h4-13H,14H2,1-3H3/q+1. The van der Waals surface area contributed by atoms with Crippen molar-refractivity contribution in [1.82, 2.24) is 4.57 Å². The first-order valence-electron chi connectivity index (χ1n) is 7.91. The zero-order valence-electron chi connectivity index (χ0n) is 14.2. The molecule has 3 aromatic rings. The van der Waals surface area contributed by atoms with Crippen molar-refractivity contribution >= 4 is 17.5 Å². The number of hydrogen-bond donors (Lipinski definition) is 0. The van der Waals surface area contributed by atoms with Crippen molar-refractivity contribution in [3.63, 3.8) is 0 Å². The van der Waals surface area contributed by atoms with Gasteiger partial charge in [-0.1, -0.05) is 60.7 Å². The number of imidazole rings is 1. The number of carbonyl (C=O) groups is 1. The van der Waals surface area contributed by atoms with Gasteiger partial charge in [-0.3, -0.25) is 4.79 Å². The van der Waals surface area contributed by atoms with Crippen LogP contribution in [0.5, 0.6) is 0 Å². The summed E-state index contributed by atoms with van der Waals surface area (Å²) >= 11 is 1.58. The molecule has 0 fully saturated rings. The predicted octanol–water partition coefficient (Wildman–Crippen LogP) is 3.86. The van der Waals surface area contributed by atoms with Gasteiger partial charge in [0, 0.05) is 11.1 Å². The largest absolute Gasteiger partial charge is 0.319 e. The molecular weight excluding hydrogens is 316 g/mol. The van der Waals surface area contributed by atoms with Gasteiger partial charge in [0.2, 0.25) is 0 Å². The van der Waals surface area contributed by atoms with Crippen LogP contribution in [0.1, 0.15) is 6.92 Å². The summed E-state index contributed by atoms with van der Waals surface area (Å²) < 4.78 is 4.37. The first-order valence-corrected chi connectivity index (χ1v) is 8.90. The van der Waals surface area contributed by atoms with Crippen LogP contribution in [-0.4, -0.2) is 16.1 Å². The fourth-order valence-corrected chi connectivity index (χ4v) is 3.85. The maximum Gasteiger partial charge on any atom is 0.319 e. The Hall–Kier alpha value is -2.33. The number of nitrogens with zero attached hydrogens (tertiary/aromatic N) is 2. The molecule has 1 heterocycles. The highest BCUT2D eigenvalue weighted by Crippen LogP contribution is 2.33. The molecule has 0 aliphatic heterocycles. The topological polar surface area (TPSA) is 25.9 Å². The Morgan fingerprint density at radius 1 is 1.00 bits per heavy atom. The quantitative estimate of drug-likeness (QED) is 0.522. The molecule has 0 atom stereocenters. The molecule has 0 aliphatic rings. The molecule has 3 nitrogen and oxygen atoms in total. The number of carbonyl (C=O) groups excluding carboxylic acids is 1. The van der Waals surface area contributed by atoms with Crippen LogP contribution in [-0.2, 0) is 18.9 Å². The maximum atomic E-state index is 11.4. The second-order valence-electron chi connectivity index (χ2n) is 5.82. The molecule has 4 heteroatoms. The van der Waals surface area contributed by atoms with E-state index in [1.165, 1.54) is 11.1 Å². The maximum absolute atomic E-state index is 11.4. The number of ketones is 1. The van der Waals surface area contributed by atoms with Crippen molar-refractivity contribution in [3.05, 3.63) is 60.7 Å². The molecule has 0 saturated heterocycles. The summed E-state index contributed by atoms with van der Waals surface area (Å²) in [5.74, 6) is 0.664. The molecule has 1 aromatic heterocycles. The Morgan fingerprint density at radius 2 is 1.54 bits per heavy atom. The lowest BCUT2D eigenvalue weighted by Gasteiger charge is -2.02. The summed E-state index contributed by atoms with van der Waals surface area (Å²) in [6.07, 6.45) is 0. The second-order valence-corrected chi connectivity index (χ2v) is 6.76. The average molecular weight is 337 g/mol. The van der Waals surface area contributed by atoms with Gasteiger partial charge in [-0.05, 0) is 18.7 Å². The van der Waals surface area contributed by atoms with Gasteiger partial charge in [-0.15, -0.1) is 0 Å². The Balaban J connectivity index is 2.22. The van der Waals surface area contributed by atoms with Gasteiger partial charge in [0.25, 0.3) is 0 Å². The average Bonchev–Trinajstić information content (AvgIpc) is 2.85. The van der Waals surface area contributed by atoms with Gasteiger partial charge in [0.15, 0.2) is 11.4 Å². The number of rotatable bonds is 5. The highest BCUT2D eigenvalue weighted by Gasteiger charge is 2.29. The first kappa shape index (κ1) is 16.5. The highest BCUT2D eigenvalue weighted by atomic mass is 32.2. The molecule has 2 aromatic carbocycles. The number of thioether (sulfide) groups is 1. The van der Waals surface area contributed by atoms with Crippen LogP contribution in [0.3, 0.4) is 0 Å². The van der Waals surface area contributed by atoms with Crippen LogP contribution in [0.25, 0.3) is 22.5 Å². The van der Waals surface area contributed by atoms with Crippen LogP contribution in [0, 0.1) is 0 Å². The van der Waals surface area contributed by atoms with Crippen LogP contribution >= 0.6 is 11.8 Å². The minimum Gasteiger partial charge on any atom is -0.299 e. The van der Waals surface area contributed by atoms with Crippen LogP contribution in [0.2, 0.25) is 0 Å². The van der Waals surface area contributed by atoms with E-state index in [0.29, 0.717) is 5.75 Å². The molecule has 24 heavy (non-hydrogen) atoms. The summed E-state index contributed by atoms with van der Waals surface area (Å²) in [5.41, 5.74) is 4.67. The van der Waals surface area contributed by atoms with Crippen molar-refractivity contribution in [2.75, 3.05) is 5.75 Å². The summed E-state index contributed by atoms with van der Waals surface area (Å²) in [5, 5.41) is 1.07. The van der Waals surface area contributed by atoms with E-state index < -0.39 is 0 Å². The van der Waals surface area contributed by atoms with Crippen LogP contribution in [0.4, 0.5) is 0 Å². The third kappa shape index (κ3) is 3.15. The van der Waals surface area contributed by atoms with Gasteiger partial charge in [0.1, 0.15) is 5.78 Å². The molecule has 0 N–H and O–H groups in total. The normalized spacial score (nSPS) is 10.8. The van der Waals surface area contributed by atoms with Crippen molar-refractivity contribution in [2.45, 2.75) is 12.1 Å². The highest BCUT2D eigenvalue weighted by molar-refractivity contribution is 7.99. The fraction of sp³-hybridized carbons (Fsp3) is 0.200. The Labute approximate surface area is 147 Å². The SMILES string of the molecule is CC(=O)CSc1n(C)c(-c2ccccc2)c(-c2ccccc2)[n+]1C. The minimum atomic E-state index is 0.184. The number of aromatic nitrogens is 2. The fourth-order valence-electron chi connectivity index (χ4n) is 2.95. The Bertz CT molecular complexity index is 791. The zero-order chi connectivity index (χ0) is 17.1. The van der Waals surface area contributed by atoms with Crippen molar-refractivity contribution < 1.29 is 9.36 Å². The predicted molar refractivity (Wildman–Crippen MR) is 98.9 cm³/mol. The van der Waals surface area contributed by atoms with E-state index in [2.05, 4.69) is 71.8 Å². The molecule has 122 valence electrons. The van der Waals surface area contributed by atoms with Gasteiger partial charge in [-0.25, -0.2) is 9.13 Å². The summed E-state index contributed by atoms with van der Waals surface area (Å²) in [7, 11) is 4.13. The number of hydrogen-bond acceptors (Lipinski definition) is 2. The molecule has 0 bridgehead atoms. The molecule has 0 unspecified atom stereocenters. The minimum absolute atomic E-state index is 0.184. The van der Waals surface area contributed by atoms with Crippen molar-refractivity contribution in [2.24, 2.45) is 14.1 Å². The van der Waals surface area contributed by atoms with E-state index in [0.717, 1.165) is 16.5 Å². The van der Waals surface area contributed by atoms with Gasteiger partial charge >= 0.3 is 5.16 Å². The zero-order valence-corrected chi connectivity index (χ0v) is 15.0. The van der Waals surface area contributed by atoms with Crippen LogP contribution in [0.15, 0.2) is 65.8 Å². The van der Waals surface area contributed by atoms with E-state index in [9.17, 15) is 4.79 Å².